The summed E-state index contributed by atoms with van der Waals surface area (Å²) in [5.74, 6) is 1.61. The lowest BCUT2D eigenvalue weighted by molar-refractivity contribution is 0.156. The Balaban J connectivity index is 2.07. The molecule has 0 saturated carbocycles. The van der Waals surface area contributed by atoms with Crippen LogP contribution in [0.4, 0.5) is 0 Å². The largest absolute Gasteiger partial charge is 0.493 e. The second-order valence-corrected chi connectivity index (χ2v) is 5.51. The number of nitrogens with one attached hydrogen (secondary N) is 1. The normalized spacial score (nSPS) is 20.3. The molecule has 0 bridgehead atoms. The van der Waals surface area contributed by atoms with Crippen molar-refractivity contribution in [1.82, 2.24) is 5.32 Å². The lowest BCUT2D eigenvalue weighted by atomic mass is 9.99. The van der Waals surface area contributed by atoms with Gasteiger partial charge in [-0.2, -0.15) is 0 Å². The number of hydrogen-bond donors (Lipinski definition) is 1. The molecule has 2 rings (SSSR count). The minimum Gasteiger partial charge on any atom is -0.493 e. The molecule has 1 aliphatic heterocycles. The topological polar surface area (TPSA) is 30.5 Å². The molecular formula is C16H25NO2. The second kappa shape index (κ2) is 6.92. The Bertz CT molecular complexity index is 406. The highest BCUT2D eigenvalue weighted by molar-refractivity contribution is 5.43. The standard InChI is InChI=1S/C16H25NO2/c1-12(11-18-3)10-17-15-8-5-9-19-16-13(2)6-4-7-14(15)16/h4,6-7,12,15,17H,5,8-11H2,1-3H3. The van der Waals surface area contributed by atoms with Crippen LogP contribution in [0.3, 0.4) is 0 Å². The molecular weight excluding hydrogens is 238 g/mol. The first-order valence-electron chi connectivity index (χ1n) is 7.17. The van der Waals surface area contributed by atoms with E-state index in [0.29, 0.717) is 12.0 Å². The smallest absolute Gasteiger partial charge is 0.126 e. The SMILES string of the molecule is COCC(C)CNC1CCCOc2c(C)cccc21. The van der Waals surface area contributed by atoms with E-state index in [1.165, 1.54) is 11.1 Å². The zero-order valence-corrected chi connectivity index (χ0v) is 12.2. The third-order valence-corrected chi connectivity index (χ3v) is 3.67. The monoisotopic (exact) mass is 263 g/mol. The van der Waals surface area contributed by atoms with Crippen LogP contribution in [0, 0.1) is 12.8 Å². The average molecular weight is 263 g/mol. The molecule has 3 nitrogen and oxygen atoms in total. The van der Waals surface area contributed by atoms with Gasteiger partial charge in [0.1, 0.15) is 5.75 Å². The predicted molar refractivity (Wildman–Crippen MR) is 77.7 cm³/mol. The summed E-state index contributed by atoms with van der Waals surface area (Å²) in [5, 5.41) is 3.67. The van der Waals surface area contributed by atoms with Gasteiger partial charge in [0.25, 0.3) is 0 Å². The van der Waals surface area contributed by atoms with Crippen LogP contribution in [-0.2, 0) is 4.74 Å². The van der Waals surface area contributed by atoms with Crippen LogP contribution in [0.2, 0.25) is 0 Å². The van der Waals surface area contributed by atoms with E-state index in [-0.39, 0.29) is 0 Å². The van der Waals surface area contributed by atoms with Gasteiger partial charge in [0, 0.05) is 31.9 Å². The lowest BCUT2D eigenvalue weighted by Crippen LogP contribution is -2.28. The zero-order valence-electron chi connectivity index (χ0n) is 12.2. The second-order valence-electron chi connectivity index (χ2n) is 5.51. The van der Waals surface area contributed by atoms with Gasteiger partial charge in [0.15, 0.2) is 0 Å². The molecule has 2 unspecified atom stereocenters. The highest BCUT2D eigenvalue weighted by Crippen LogP contribution is 2.33. The molecule has 0 amide bonds. The Hall–Kier alpha value is -1.06. The van der Waals surface area contributed by atoms with E-state index in [0.717, 1.165) is 38.3 Å². The minimum atomic E-state index is 0.400. The number of hydrogen-bond acceptors (Lipinski definition) is 3. The molecule has 0 radical (unpaired) electrons. The van der Waals surface area contributed by atoms with Gasteiger partial charge in [0.2, 0.25) is 0 Å². The van der Waals surface area contributed by atoms with Crippen LogP contribution in [-0.4, -0.2) is 26.9 Å². The van der Waals surface area contributed by atoms with Crippen molar-refractivity contribution in [3.05, 3.63) is 29.3 Å². The predicted octanol–water partition coefficient (Wildman–Crippen LogP) is 3.08. The van der Waals surface area contributed by atoms with Gasteiger partial charge in [-0.05, 0) is 31.2 Å². The fourth-order valence-electron chi connectivity index (χ4n) is 2.66. The number of para-hydroxylation sites is 1. The third kappa shape index (κ3) is 3.71. The molecule has 19 heavy (non-hydrogen) atoms. The molecule has 1 N–H and O–H groups in total. The van der Waals surface area contributed by atoms with Crippen molar-refractivity contribution in [3.63, 3.8) is 0 Å². The fourth-order valence-corrected chi connectivity index (χ4v) is 2.66. The number of methoxy groups -OCH3 is 1. The van der Waals surface area contributed by atoms with Crippen molar-refractivity contribution in [2.24, 2.45) is 5.92 Å². The molecule has 1 heterocycles. The van der Waals surface area contributed by atoms with Gasteiger partial charge in [-0.15, -0.1) is 0 Å². The molecule has 0 fully saturated rings. The Morgan fingerprint density at radius 1 is 1.47 bits per heavy atom. The Kier molecular flexibility index (Phi) is 5.23. The van der Waals surface area contributed by atoms with E-state index in [2.05, 4.69) is 37.4 Å². The van der Waals surface area contributed by atoms with Crippen LogP contribution in [0.25, 0.3) is 0 Å². The van der Waals surface area contributed by atoms with Gasteiger partial charge in [-0.3, -0.25) is 0 Å². The van der Waals surface area contributed by atoms with Crippen molar-refractivity contribution >= 4 is 0 Å². The Labute approximate surface area is 116 Å². The van der Waals surface area contributed by atoms with Crippen LogP contribution in [0.1, 0.15) is 36.9 Å². The van der Waals surface area contributed by atoms with Crippen LogP contribution in [0.5, 0.6) is 5.75 Å². The number of fused-ring (bicyclic) bond motifs is 1. The van der Waals surface area contributed by atoms with Gasteiger partial charge < -0.3 is 14.8 Å². The summed E-state index contributed by atoms with van der Waals surface area (Å²) in [5.41, 5.74) is 2.54. The van der Waals surface area contributed by atoms with E-state index < -0.39 is 0 Å². The number of aryl methyl sites for hydroxylation is 1. The van der Waals surface area contributed by atoms with Gasteiger partial charge >= 0.3 is 0 Å². The number of rotatable bonds is 5. The zero-order chi connectivity index (χ0) is 13.7. The van der Waals surface area contributed by atoms with E-state index in [4.69, 9.17) is 9.47 Å². The quantitative estimate of drug-likeness (QED) is 0.885. The van der Waals surface area contributed by atoms with Crippen LogP contribution < -0.4 is 10.1 Å². The molecule has 1 aliphatic rings. The van der Waals surface area contributed by atoms with Crippen molar-refractivity contribution in [2.75, 3.05) is 26.9 Å². The van der Waals surface area contributed by atoms with Gasteiger partial charge in [0.05, 0.1) is 6.61 Å². The van der Waals surface area contributed by atoms with E-state index in [9.17, 15) is 0 Å². The molecule has 2 atom stereocenters. The number of ether oxygens (including phenoxy) is 2. The summed E-state index contributed by atoms with van der Waals surface area (Å²) in [6.07, 6.45) is 2.24. The molecule has 1 aromatic carbocycles. The lowest BCUT2D eigenvalue weighted by Gasteiger charge is -2.21. The summed E-state index contributed by atoms with van der Waals surface area (Å²) < 4.78 is 11.1. The van der Waals surface area contributed by atoms with Crippen molar-refractivity contribution in [2.45, 2.75) is 32.7 Å². The van der Waals surface area contributed by atoms with Gasteiger partial charge in [-0.1, -0.05) is 25.1 Å². The van der Waals surface area contributed by atoms with E-state index in [1.54, 1.807) is 7.11 Å². The molecule has 3 heteroatoms. The maximum absolute atomic E-state index is 5.90. The maximum Gasteiger partial charge on any atom is 0.126 e. The third-order valence-electron chi connectivity index (χ3n) is 3.67. The molecule has 0 spiro atoms. The first-order chi connectivity index (χ1) is 9.22. The molecule has 0 saturated heterocycles. The summed E-state index contributed by atoms with van der Waals surface area (Å²) >= 11 is 0. The summed E-state index contributed by atoms with van der Waals surface area (Å²) in [7, 11) is 1.76. The maximum atomic E-state index is 5.90. The first-order valence-corrected chi connectivity index (χ1v) is 7.17. The van der Waals surface area contributed by atoms with Crippen molar-refractivity contribution < 1.29 is 9.47 Å². The highest BCUT2D eigenvalue weighted by Gasteiger charge is 2.20. The van der Waals surface area contributed by atoms with Crippen molar-refractivity contribution in [1.29, 1.82) is 0 Å². The van der Waals surface area contributed by atoms with Crippen molar-refractivity contribution in [3.8, 4) is 5.75 Å². The van der Waals surface area contributed by atoms with E-state index >= 15 is 0 Å². The summed E-state index contributed by atoms with van der Waals surface area (Å²) in [6, 6.07) is 6.83. The van der Waals surface area contributed by atoms with E-state index in [1.807, 2.05) is 0 Å². The van der Waals surface area contributed by atoms with Crippen LogP contribution >= 0.6 is 0 Å². The first kappa shape index (κ1) is 14.4. The Morgan fingerprint density at radius 2 is 2.32 bits per heavy atom. The minimum absolute atomic E-state index is 0.400. The highest BCUT2D eigenvalue weighted by atomic mass is 16.5. The number of benzene rings is 1. The summed E-state index contributed by atoms with van der Waals surface area (Å²) in [4.78, 5) is 0. The molecule has 106 valence electrons. The van der Waals surface area contributed by atoms with Crippen LogP contribution in [0.15, 0.2) is 18.2 Å². The van der Waals surface area contributed by atoms with Gasteiger partial charge in [-0.25, -0.2) is 0 Å². The molecule has 1 aromatic rings. The summed E-state index contributed by atoms with van der Waals surface area (Å²) in [6.45, 7) is 6.93. The molecule has 0 aliphatic carbocycles. The molecule has 0 aromatic heterocycles. The Morgan fingerprint density at radius 3 is 3.11 bits per heavy atom. The fraction of sp³-hybridized carbons (Fsp3) is 0.625. The average Bonchev–Trinajstić information content (AvgIpc) is 2.60.